The fourth-order valence-corrected chi connectivity index (χ4v) is 13.7. The summed E-state index contributed by atoms with van der Waals surface area (Å²) in [6, 6.07) is 110. The second-order valence-electron chi connectivity index (χ2n) is 22.7. The third kappa shape index (κ3) is 8.52. The average Bonchev–Trinajstić information content (AvgIpc) is 2.01. The van der Waals surface area contributed by atoms with Crippen molar-refractivity contribution in [3.63, 3.8) is 0 Å². The Hall–Kier alpha value is -11.5. The average molecular weight is 1110 g/mol. The number of rotatable bonds is 10. The summed E-state index contributed by atoms with van der Waals surface area (Å²) in [4.78, 5) is 16.0. The van der Waals surface area contributed by atoms with E-state index < -0.39 is 0 Å². The molecular formula is C81H54N6. The van der Waals surface area contributed by atoms with Gasteiger partial charge in [0.05, 0.1) is 33.1 Å². The van der Waals surface area contributed by atoms with Crippen LogP contribution in [-0.4, -0.2) is 28.7 Å². The topological polar surface area (TPSA) is 53.5 Å². The lowest BCUT2D eigenvalue weighted by Crippen LogP contribution is -2.16. The van der Waals surface area contributed by atoms with E-state index in [1.807, 2.05) is 36.4 Å². The number of hydrogen-bond acceptors (Lipinski definition) is 3. The van der Waals surface area contributed by atoms with Crippen LogP contribution < -0.4 is 0 Å². The standard InChI is InChI=1S/C81H54N6/c1-5-21-53(22-6-1)55-37-41-57(42-38-55)68-49-61(81-83-79(59-25-9-3-10-26-59)82-80(84-81)60-27-11-4-12-28-60)50-69(58-43-39-56(40-44-58)54-23-7-2-8-24-54)78(68)87-76-47-45-62(85-72-33-17-13-29-64(72)65-30-14-18-34-73(65)85)51-70(76)71-52-63(46-48-77(71)87)86-74-35-19-15-31-66(74)67-32-16-20-36-75(67)86/h1-49,51-52,69H,50H2. The number of hydrogen-bond donors (Lipinski definition) is 0. The lowest BCUT2D eigenvalue weighted by atomic mass is 9.79. The van der Waals surface area contributed by atoms with Gasteiger partial charge in [-0.2, -0.15) is 0 Å². The summed E-state index contributed by atoms with van der Waals surface area (Å²) < 4.78 is 7.48. The van der Waals surface area contributed by atoms with Gasteiger partial charge in [-0.3, -0.25) is 0 Å². The number of allylic oxidation sites excluding steroid dienone is 4. The summed E-state index contributed by atoms with van der Waals surface area (Å²) >= 11 is 0. The molecular weight excluding hydrogens is 1060 g/mol. The van der Waals surface area contributed by atoms with Gasteiger partial charge >= 0.3 is 0 Å². The van der Waals surface area contributed by atoms with Gasteiger partial charge in [0, 0.05) is 72.0 Å². The van der Waals surface area contributed by atoms with E-state index in [4.69, 9.17) is 15.0 Å². The Kier molecular flexibility index (Phi) is 11.9. The molecule has 4 aromatic heterocycles. The molecule has 1 atom stereocenters. The Morgan fingerprint density at radius 2 is 0.598 bits per heavy atom. The molecule has 17 rings (SSSR count). The van der Waals surface area contributed by atoms with E-state index in [2.05, 4.69) is 287 Å². The highest BCUT2D eigenvalue weighted by atomic mass is 15.1. The molecule has 0 N–H and O–H groups in total. The van der Waals surface area contributed by atoms with Crippen LogP contribution in [0.15, 0.2) is 309 Å². The van der Waals surface area contributed by atoms with Crippen LogP contribution >= 0.6 is 0 Å². The third-order valence-electron chi connectivity index (χ3n) is 17.7. The lowest BCUT2D eigenvalue weighted by Gasteiger charge is -2.31. The van der Waals surface area contributed by atoms with Gasteiger partial charge in [-0.25, -0.2) is 15.0 Å². The zero-order chi connectivity index (χ0) is 57.4. The number of nitrogens with zero attached hydrogens (tertiary/aromatic N) is 6. The van der Waals surface area contributed by atoms with Crippen LogP contribution in [-0.2, 0) is 0 Å². The van der Waals surface area contributed by atoms with E-state index in [0.717, 1.165) is 72.1 Å². The third-order valence-corrected chi connectivity index (χ3v) is 17.7. The molecule has 0 amide bonds. The zero-order valence-corrected chi connectivity index (χ0v) is 47.4. The maximum absolute atomic E-state index is 5.43. The number of aromatic nitrogens is 6. The Morgan fingerprint density at radius 1 is 0.264 bits per heavy atom. The highest BCUT2D eigenvalue weighted by Crippen LogP contribution is 2.50. The summed E-state index contributed by atoms with van der Waals surface area (Å²) in [6.07, 6.45) is 3.00. The van der Waals surface area contributed by atoms with Gasteiger partial charge in [-0.05, 0) is 112 Å². The molecule has 0 bridgehead atoms. The van der Waals surface area contributed by atoms with Crippen LogP contribution in [0.2, 0.25) is 0 Å². The molecule has 16 aromatic rings. The van der Waals surface area contributed by atoms with Crippen LogP contribution in [0, 0.1) is 0 Å². The largest absolute Gasteiger partial charge is 0.312 e. The van der Waals surface area contributed by atoms with Gasteiger partial charge < -0.3 is 13.7 Å². The van der Waals surface area contributed by atoms with Crippen molar-refractivity contribution in [1.29, 1.82) is 0 Å². The normalized spacial score (nSPS) is 13.6. The maximum Gasteiger partial charge on any atom is 0.164 e. The maximum atomic E-state index is 5.43. The van der Waals surface area contributed by atoms with E-state index in [-0.39, 0.29) is 5.92 Å². The second-order valence-corrected chi connectivity index (χ2v) is 22.7. The second kappa shape index (κ2) is 20.7. The molecule has 87 heavy (non-hydrogen) atoms. The molecule has 1 aliphatic rings. The van der Waals surface area contributed by atoms with Crippen molar-refractivity contribution in [3.05, 3.63) is 326 Å². The summed E-state index contributed by atoms with van der Waals surface area (Å²) in [5.74, 6) is 1.73. The summed E-state index contributed by atoms with van der Waals surface area (Å²) in [5, 5.41) is 7.23. The highest BCUT2D eigenvalue weighted by Gasteiger charge is 2.33. The van der Waals surface area contributed by atoms with Crippen molar-refractivity contribution in [1.82, 2.24) is 28.7 Å². The smallest absolute Gasteiger partial charge is 0.164 e. The van der Waals surface area contributed by atoms with Crippen molar-refractivity contribution in [3.8, 4) is 56.4 Å². The van der Waals surface area contributed by atoms with Crippen LogP contribution in [0.25, 0.3) is 139 Å². The first-order valence-corrected chi connectivity index (χ1v) is 29.8. The van der Waals surface area contributed by atoms with E-state index in [0.29, 0.717) is 23.9 Å². The first-order chi connectivity index (χ1) is 43.1. The number of benzene rings is 12. The lowest BCUT2D eigenvalue weighted by molar-refractivity contribution is 0.835. The molecule has 408 valence electrons. The molecule has 12 aromatic carbocycles. The molecule has 1 unspecified atom stereocenters. The van der Waals surface area contributed by atoms with Gasteiger partial charge in [-0.1, -0.05) is 243 Å². The van der Waals surface area contributed by atoms with Crippen molar-refractivity contribution < 1.29 is 0 Å². The molecule has 6 heteroatoms. The first-order valence-electron chi connectivity index (χ1n) is 29.8. The van der Waals surface area contributed by atoms with Crippen molar-refractivity contribution in [2.24, 2.45) is 0 Å². The molecule has 0 aliphatic heterocycles. The summed E-state index contributed by atoms with van der Waals surface area (Å²) in [6.45, 7) is 0. The molecule has 0 saturated heterocycles. The van der Waals surface area contributed by atoms with Gasteiger partial charge in [0.25, 0.3) is 0 Å². The number of para-hydroxylation sites is 4. The molecule has 0 spiro atoms. The first kappa shape index (κ1) is 50.1. The predicted octanol–water partition coefficient (Wildman–Crippen LogP) is 20.5. The fraction of sp³-hybridized carbons (Fsp3) is 0.0247. The minimum atomic E-state index is -0.191. The molecule has 6 nitrogen and oxygen atoms in total. The van der Waals surface area contributed by atoms with Gasteiger partial charge in [0.15, 0.2) is 17.5 Å². The molecule has 0 fully saturated rings. The van der Waals surface area contributed by atoms with Crippen LogP contribution in [0.5, 0.6) is 0 Å². The Labute approximate surface area is 503 Å². The Bertz CT molecular complexity index is 5050. The van der Waals surface area contributed by atoms with Crippen LogP contribution in [0.4, 0.5) is 0 Å². The monoisotopic (exact) mass is 1110 g/mol. The highest BCUT2D eigenvalue weighted by molar-refractivity contribution is 6.16. The van der Waals surface area contributed by atoms with Gasteiger partial charge in [-0.15, -0.1) is 0 Å². The minimum Gasteiger partial charge on any atom is -0.312 e. The van der Waals surface area contributed by atoms with Crippen molar-refractivity contribution in [2.75, 3.05) is 0 Å². The molecule has 0 saturated carbocycles. The minimum absolute atomic E-state index is 0.191. The fourth-order valence-electron chi connectivity index (χ4n) is 13.7. The van der Waals surface area contributed by atoms with E-state index in [9.17, 15) is 0 Å². The van der Waals surface area contributed by atoms with Crippen molar-refractivity contribution >= 4 is 82.3 Å². The summed E-state index contributed by atoms with van der Waals surface area (Å²) in [7, 11) is 0. The van der Waals surface area contributed by atoms with E-state index >= 15 is 0 Å². The molecule has 1 aliphatic carbocycles. The summed E-state index contributed by atoms with van der Waals surface area (Å²) in [5.41, 5.74) is 21.2. The number of fused-ring (bicyclic) bond motifs is 9. The SMILES string of the molecule is C1=C(c2nc(-c3ccccc3)nc(-c3ccccc3)n2)CC(c2ccc(-c3ccccc3)cc2)C(n2c3ccc(-n4c5ccccc5c5ccccc54)cc3c3cc(-n4c5ccccc5c5ccccc54)ccc32)=C1c1ccc(-c2ccccc2)cc1. The van der Waals surface area contributed by atoms with Crippen LogP contribution in [0.3, 0.4) is 0 Å². The quantitative estimate of drug-likeness (QED) is 0.137. The van der Waals surface area contributed by atoms with Crippen molar-refractivity contribution in [2.45, 2.75) is 12.3 Å². The van der Waals surface area contributed by atoms with E-state index in [1.165, 1.54) is 66.0 Å². The van der Waals surface area contributed by atoms with Gasteiger partial charge in [0.1, 0.15) is 0 Å². The predicted molar refractivity (Wildman–Crippen MR) is 361 cm³/mol. The Morgan fingerprint density at radius 3 is 1.02 bits per heavy atom. The van der Waals surface area contributed by atoms with E-state index in [1.54, 1.807) is 0 Å². The Balaban J connectivity index is 0.978. The molecule has 0 radical (unpaired) electrons. The van der Waals surface area contributed by atoms with Gasteiger partial charge in [0.2, 0.25) is 0 Å². The zero-order valence-electron chi connectivity index (χ0n) is 47.4. The van der Waals surface area contributed by atoms with Crippen LogP contribution in [0.1, 0.15) is 29.3 Å². The molecule has 4 heterocycles.